The molecule has 1 aromatic rings. The molecule has 0 fully saturated rings. The summed E-state index contributed by atoms with van der Waals surface area (Å²) in [6.07, 6.45) is 0.120. The van der Waals surface area contributed by atoms with E-state index in [0.29, 0.717) is 6.42 Å². The highest BCUT2D eigenvalue weighted by atomic mass is 16.1. The fourth-order valence-corrected chi connectivity index (χ4v) is 1.63. The zero-order valence-corrected chi connectivity index (χ0v) is 7.13. The highest BCUT2D eigenvalue weighted by molar-refractivity contribution is 6.02. The number of fused-ring (bicyclic) bond motifs is 1. The number of carbonyl (C=O) groups excluding carboxylic acids is 1. The van der Waals surface area contributed by atoms with E-state index in [4.69, 9.17) is 8.22 Å². The molecule has 1 aromatic carbocycles. The molecule has 0 atom stereocenters. The minimum Gasteiger partial charge on any atom is -0.294 e. The smallest absolute Gasteiger partial charge is 0.168 e. The van der Waals surface area contributed by atoms with E-state index in [2.05, 4.69) is 0 Å². The lowest BCUT2D eigenvalue weighted by molar-refractivity contribution is 0.0811. The van der Waals surface area contributed by atoms with Crippen LogP contribution in [-0.4, -0.2) is 5.78 Å². The van der Waals surface area contributed by atoms with Gasteiger partial charge in [-0.3, -0.25) is 4.79 Å². The fraction of sp³-hybridized carbons (Fsp3) is 0.417. The largest absolute Gasteiger partial charge is 0.294 e. The zero-order chi connectivity index (χ0) is 14.5. The molecule has 1 heteroatoms. The Morgan fingerprint density at radius 3 is 2.92 bits per heavy atom. The van der Waals surface area contributed by atoms with Gasteiger partial charge in [0.05, 0.1) is 0 Å². The Morgan fingerprint density at radius 1 is 1.38 bits per heavy atom. The maximum absolute atomic E-state index is 12.5. The first-order valence-electron chi connectivity index (χ1n) is 7.24. The summed E-state index contributed by atoms with van der Waals surface area (Å²) in [6.45, 7) is -5.69. The number of hydrogen-bond acceptors (Lipinski definition) is 1. The van der Waals surface area contributed by atoms with Gasteiger partial charge in [-0.15, -0.1) is 0 Å². The molecule has 0 amide bonds. The van der Waals surface area contributed by atoms with Crippen LogP contribution in [0.2, 0.25) is 0 Å². The van der Waals surface area contributed by atoms with Crippen molar-refractivity contribution in [3.8, 4) is 0 Å². The fourth-order valence-electron chi connectivity index (χ4n) is 1.63. The van der Waals surface area contributed by atoms with Gasteiger partial charge in [0.1, 0.15) is 0 Å². The van der Waals surface area contributed by atoms with Crippen molar-refractivity contribution in [2.45, 2.75) is 26.5 Å². The predicted octanol–water partition coefficient (Wildman–Crippen LogP) is 2.84. The average Bonchev–Trinajstić information content (AvgIpc) is 2.26. The van der Waals surface area contributed by atoms with Gasteiger partial charge in [-0.1, -0.05) is 38.0 Å². The summed E-state index contributed by atoms with van der Waals surface area (Å²) < 4.78 is 45.3. The Bertz CT molecular complexity index is 500. The quantitative estimate of drug-likeness (QED) is 0.564. The van der Waals surface area contributed by atoms with Gasteiger partial charge in [-0.25, -0.2) is 0 Å². The molecule has 0 radical (unpaired) electrons. The van der Waals surface area contributed by atoms with E-state index < -0.39 is 24.9 Å². The van der Waals surface area contributed by atoms with E-state index >= 15 is 0 Å². The van der Waals surface area contributed by atoms with Crippen molar-refractivity contribution in [2.24, 2.45) is 5.41 Å². The lowest BCUT2D eigenvalue weighted by Gasteiger charge is -2.29. The van der Waals surface area contributed by atoms with Crippen LogP contribution in [0, 0.1) is 5.41 Å². The van der Waals surface area contributed by atoms with Crippen LogP contribution in [0.3, 0.4) is 0 Å². The third-order valence-electron chi connectivity index (χ3n) is 2.42. The molecule has 0 N–H and O–H groups in total. The Balaban J connectivity index is 2.65. The van der Waals surface area contributed by atoms with Crippen LogP contribution in [0.25, 0.3) is 0 Å². The SMILES string of the molecule is [2H][13C]([2H])([2H])C1([13C]([2H])([2H])[2H])CCc2ccccc2C1=O. The van der Waals surface area contributed by atoms with Crippen LogP contribution in [-0.2, 0) is 6.42 Å². The first-order valence-corrected chi connectivity index (χ1v) is 4.24. The summed E-state index contributed by atoms with van der Waals surface area (Å²) in [4.78, 5) is 12.5. The van der Waals surface area contributed by atoms with E-state index in [1.54, 1.807) is 18.2 Å². The van der Waals surface area contributed by atoms with Gasteiger partial charge < -0.3 is 0 Å². The molecule has 1 aliphatic carbocycles. The molecule has 0 saturated carbocycles. The molecule has 0 unspecified atom stereocenters. The summed E-state index contributed by atoms with van der Waals surface area (Å²) in [5.41, 5.74) is -1.34. The predicted molar refractivity (Wildman–Crippen MR) is 52.9 cm³/mol. The monoisotopic (exact) mass is 182 g/mol. The highest BCUT2D eigenvalue weighted by Crippen LogP contribution is 2.34. The van der Waals surface area contributed by atoms with Gasteiger partial charge in [0.2, 0.25) is 0 Å². The molecular weight excluding hydrogens is 162 g/mol. The Kier molecular flexibility index (Phi) is 0.818. The Morgan fingerprint density at radius 2 is 2.15 bits per heavy atom. The minimum atomic E-state index is -2.84. The van der Waals surface area contributed by atoms with Gasteiger partial charge in [-0.2, -0.15) is 0 Å². The van der Waals surface area contributed by atoms with Crippen molar-refractivity contribution >= 4 is 5.78 Å². The van der Waals surface area contributed by atoms with Gasteiger partial charge in [0.25, 0.3) is 0 Å². The van der Waals surface area contributed by atoms with Gasteiger partial charge in [0, 0.05) is 19.2 Å². The molecule has 1 nitrogen and oxygen atoms in total. The topological polar surface area (TPSA) is 17.1 Å². The Labute approximate surface area is 87.2 Å². The first kappa shape index (κ1) is 3.95. The summed E-state index contributed by atoms with van der Waals surface area (Å²) in [5.74, 6) is -0.783. The van der Waals surface area contributed by atoms with Gasteiger partial charge >= 0.3 is 0 Å². The number of aryl methyl sites for hydroxylation is 1. The molecule has 0 heterocycles. The Hall–Kier alpha value is -1.11. The number of ketones is 1. The lowest BCUT2D eigenvalue weighted by Crippen LogP contribution is -2.30. The van der Waals surface area contributed by atoms with Crippen molar-refractivity contribution in [1.29, 1.82) is 0 Å². The molecule has 0 bridgehead atoms. The van der Waals surface area contributed by atoms with Crippen LogP contribution in [0.5, 0.6) is 0 Å². The third-order valence-corrected chi connectivity index (χ3v) is 2.42. The minimum absolute atomic E-state index is 0.171. The molecule has 0 saturated heterocycles. The molecule has 0 aromatic heterocycles. The average molecular weight is 182 g/mol. The van der Waals surface area contributed by atoms with E-state index in [0.717, 1.165) is 5.56 Å². The van der Waals surface area contributed by atoms with Gasteiger partial charge in [0.15, 0.2) is 5.78 Å². The van der Waals surface area contributed by atoms with Crippen LogP contribution < -0.4 is 0 Å². The number of benzene rings is 1. The van der Waals surface area contributed by atoms with Crippen molar-refractivity contribution < 1.29 is 13.0 Å². The number of hydrogen-bond donors (Lipinski definition) is 0. The van der Waals surface area contributed by atoms with Crippen LogP contribution in [0.1, 0.15) is 44.3 Å². The molecular formula is C12H14O. The molecule has 0 spiro atoms. The van der Waals surface area contributed by atoms with E-state index in [1.165, 1.54) is 6.07 Å². The molecule has 2 rings (SSSR count). The van der Waals surface area contributed by atoms with E-state index in [1.807, 2.05) is 0 Å². The number of carbonyl (C=O) groups is 1. The second-order valence-corrected chi connectivity index (χ2v) is 3.39. The van der Waals surface area contributed by atoms with Gasteiger partial charge in [-0.05, 0) is 18.4 Å². The maximum Gasteiger partial charge on any atom is 0.168 e. The van der Waals surface area contributed by atoms with Crippen LogP contribution in [0.4, 0.5) is 0 Å². The van der Waals surface area contributed by atoms with E-state index in [-0.39, 0.29) is 12.0 Å². The summed E-state index contributed by atoms with van der Waals surface area (Å²) in [6, 6.07) is 6.61. The van der Waals surface area contributed by atoms with Crippen molar-refractivity contribution in [3.05, 3.63) is 35.4 Å². The summed E-state index contributed by atoms with van der Waals surface area (Å²) in [5, 5.41) is 0. The standard InChI is InChI=1S/C12H14O/c1-12(2)8-7-9-5-3-4-6-10(9)11(12)13/h3-6H,7-8H2,1-2H3/i1+1D3,2+1D3. The van der Waals surface area contributed by atoms with Crippen molar-refractivity contribution in [2.75, 3.05) is 0 Å². The molecule has 1 aliphatic rings. The molecule has 68 valence electrons. The van der Waals surface area contributed by atoms with Crippen molar-refractivity contribution in [3.63, 3.8) is 0 Å². The highest BCUT2D eigenvalue weighted by Gasteiger charge is 2.33. The number of Topliss-reactive ketones (excluding diaryl/α,β-unsaturated/α-hetero) is 1. The second kappa shape index (κ2) is 2.69. The third kappa shape index (κ3) is 1.28. The van der Waals surface area contributed by atoms with Crippen LogP contribution in [0.15, 0.2) is 24.3 Å². The normalized spacial score (nSPS) is 28.5. The van der Waals surface area contributed by atoms with Crippen LogP contribution >= 0.6 is 0 Å². The first-order chi connectivity index (χ1) is 8.61. The maximum atomic E-state index is 12.5. The molecule has 13 heavy (non-hydrogen) atoms. The summed E-state index contributed by atoms with van der Waals surface area (Å²) in [7, 11) is 0. The van der Waals surface area contributed by atoms with E-state index in [9.17, 15) is 4.79 Å². The zero-order valence-electron chi connectivity index (χ0n) is 13.1. The summed E-state index contributed by atoms with van der Waals surface area (Å²) >= 11 is 0. The second-order valence-electron chi connectivity index (χ2n) is 3.39. The molecule has 0 aliphatic heterocycles. The lowest BCUT2D eigenvalue weighted by atomic mass is 9.80. The number of rotatable bonds is 0. The van der Waals surface area contributed by atoms with Crippen molar-refractivity contribution in [1.82, 2.24) is 0 Å².